The maximum Gasteiger partial charge on any atom is 1.00 e. The van der Waals surface area contributed by atoms with E-state index in [1.807, 2.05) is 0 Å². The third-order valence-electron chi connectivity index (χ3n) is 5.70. The van der Waals surface area contributed by atoms with Gasteiger partial charge in [0, 0.05) is 29.9 Å². The van der Waals surface area contributed by atoms with Crippen LogP contribution in [0.1, 0.15) is 61.4 Å². The molecule has 1 aliphatic rings. The fourth-order valence-corrected chi connectivity index (χ4v) is 3.96. The van der Waals surface area contributed by atoms with Gasteiger partial charge in [0.25, 0.3) is 0 Å². The Balaban J connectivity index is 0.00000363. The van der Waals surface area contributed by atoms with Crippen LogP contribution in [-0.4, -0.2) is 30.3 Å². The molecule has 7 heteroatoms. The normalized spacial score (nSPS) is 15.7. The number of carboxylic acid groups (broad SMARTS) is 1. The topological polar surface area (TPSA) is 91.5 Å². The molecular weight excluding hydrogens is 417 g/mol. The van der Waals surface area contributed by atoms with Crippen molar-refractivity contribution in [2.24, 2.45) is 0 Å². The fourth-order valence-electron chi connectivity index (χ4n) is 3.96. The van der Waals surface area contributed by atoms with Crippen molar-refractivity contribution in [2.45, 2.75) is 70.8 Å². The van der Waals surface area contributed by atoms with E-state index in [9.17, 15) is 14.7 Å². The number of aliphatic carboxylic acids is 1. The summed E-state index contributed by atoms with van der Waals surface area (Å²) < 4.78 is 11.5. The first kappa shape index (κ1) is 26.7. The summed E-state index contributed by atoms with van der Waals surface area (Å²) in [7, 11) is 0. The number of rotatable bonds is 11. The van der Waals surface area contributed by atoms with E-state index >= 15 is 0 Å². The number of hydrogen-bond acceptors (Lipinski definition) is 5. The van der Waals surface area contributed by atoms with Gasteiger partial charge in [-0.1, -0.05) is 37.6 Å². The molecule has 1 fully saturated rings. The van der Waals surface area contributed by atoms with E-state index in [2.05, 4.69) is 36.2 Å². The molecule has 1 N–H and O–H groups in total. The van der Waals surface area contributed by atoms with Crippen LogP contribution in [0.15, 0.2) is 35.1 Å². The van der Waals surface area contributed by atoms with Gasteiger partial charge >= 0.3 is 29.6 Å². The number of carbonyl (C=O) groups is 1. The standard InChI is InChI=1S/C25H33NO5.Na/c1-2-5-18-7-9-19(10-8-18)11-13-22-21(12-14-25(28)29)23(27)16-24(26-22)31-17-20-6-3-4-15-30-20;/h7-10,16,20H,2-6,11-15,17H2,1H3,(H,26,27)(H,28,29);/q;+1/p-1. The number of H-pyrrole nitrogens is 1. The SMILES string of the molecule is CCCc1ccc(CCc2[nH]c(OCC3CCCCO3)cc(=O)c2CCC(=O)[O-])cc1.[Na+]. The summed E-state index contributed by atoms with van der Waals surface area (Å²) >= 11 is 0. The predicted molar refractivity (Wildman–Crippen MR) is 117 cm³/mol. The monoisotopic (exact) mass is 449 g/mol. The van der Waals surface area contributed by atoms with Gasteiger partial charge in [0.1, 0.15) is 6.61 Å². The van der Waals surface area contributed by atoms with E-state index in [-0.39, 0.29) is 53.9 Å². The number of aromatic nitrogens is 1. The molecular formula is C25H32NNaO5. The van der Waals surface area contributed by atoms with Crippen LogP contribution in [0.2, 0.25) is 0 Å². The minimum absolute atomic E-state index is 0. The van der Waals surface area contributed by atoms with Crippen molar-refractivity contribution in [1.82, 2.24) is 4.98 Å². The second-order valence-corrected chi connectivity index (χ2v) is 8.19. The summed E-state index contributed by atoms with van der Waals surface area (Å²) in [4.78, 5) is 26.9. The Labute approximate surface area is 212 Å². The summed E-state index contributed by atoms with van der Waals surface area (Å²) in [6.45, 7) is 3.30. The van der Waals surface area contributed by atoms with Crippen LogP contribution in [0.3, 0.4) is 0 Å². The zero-order valence-corrected chi connectivity index (χ0v) is 21.3. The minimum Gasteiger partial charge on any atom is -0.550 e. The fraction of sp³-hybridized carbons (Fsp3) is 0.520. The van der Waals surface area contributed by atoms with Crippen molar-refractivity contribution in [1.29, 1.82) is 0 Å². The molecule has 1 unspecified atom stereocenters. The first-order valence-electron chi connectivity index (χ1n) is 11.3. The number of benzene rings is 1. The van der Waals surface area contributed by atoms with E-state index in [1.54, 1.807) is 0 Å². The number of carboxylic acids is 1. The van der Waals surface area contributed by atoms with Crippen molar-refractivity contribution in [2.75, 3.05) is 13.2 Å². The summed E-state index contributed by atoms with van der Waals surface area (Å²) in [5.41, 5.74) is 3.51. The summed E-state index contributed by atoms with van der Waals surface area (Å²) in [6, 6.07) is 9.93. The molecule has 6 nitrogen and oxygen atoms in total. The number of pyridine rings is 1. The average Bonchev–Trinajstić information content (AvgIpc) is 2.77. The molecule has 2 heterocycles. The molecule has 2 aromatic rings. The van der Waals surface area contributed by atoms with Crippen LogP contribution in [0, 0.1) is 0 Å². The van der Waals surface area contributed by atoms with Gasteiger partial charge in [-0.25, -0.2) is 0 Å². The Morgan fingerprint density at radius 2 is 1.84 bits per heavy atom. The van der Waals surface area contributed by atoms with E-state index < -0.39 is 5.97 Å². The first-order valence-corrected chi connectivity index (χ1v) is 11.3. The van der Waals surface area contributed by atoms with E-state index in [1.165, 1.54) is 17.2 Å². The van der Waals surface area contributed by atoms with Gasteiger partial charge in [0.15, 0.2) is 11.3 Å². The second kappa shape index (κ2) is 13.8. The molecule has 0 amide bonds. The molecule has 1 aromatic heterocycles. The van der Waals surface area contributed by atoms with E-state index in [0.29, 0.717) is 24.5 Å². The Hall–Kier alpha value is -1.60. The Morgan fingerprint density at radius 1 is 1.12 bits per heavy atom. The van der Waals surface area contributed by atoms with Crippen molar-refractivity contribution < 1.29 is 48.9 Å². The molecule has 1 atom stereocenters. The molecule has 0 bridgehead atoms. The van der Waals surface area contributed by atoms with Gasteiger partial charge in [0.05, 0.1) is 6.10 Å². The van der Waals surface area contributed by atoms with Crippen LogP contribution in [0.25, 0.3) is 0 Å². The maximum atomic E-state index is 12.7. The summed E-state index contributed by atoms with van der Waals surface area (Å²) in [6.07, 6.45) is 6.67. The van der Waals surface area contributed by atoms with Gasteiger partial charge in [-0.3, -0.25) is 4.79 Å². The predicted octanol–water partition coefficient (Wildman–Crippen LogP) is -0.253. The minimum atomic E-state index is -1.16. The number of aromatic amines is 1. The molecule has 32 heavy (non-hydrogen) atoms. The number of hydrogen-bond donors (Lipinski definition) is 1. The molecule has 1 aromatic carbocycles. The van der Waals surface area contributed by atoms with Crippen molar-refractivity contribution in [3.63, 3.8) is 0 Å². The number of ether oxygens (including phenoxy) is 2. The molecule has 168 valence electrons. The largest absolute Gasteiger partial charge is 1.00 e. The van der Waals surface area contributed by atoms with Crippen LogP contribution in [0.5, 0.6) is 5.88 Å². The van der Waals surface area contributed by atoms with Gasteiger partial charge in [-0.05, 0) is 62.5 Å². The summed E-state index contributed by atoms with van der Waals surface area (Å²) in [5, 5.41) is 10.9. The number of nitrogens with one attached hydrogen (secondary N) is 1. The second-order valence-electron chi connectivity index (χ2n) is 8.19. The molecule has 0 saturated carbocycles. The molecule has 0 radical (unpaired) electrons. The quantitative estimate of drug-likeness (QED) is 0.478. The number of carbonyl (C=O) groups excluding carboxylic acids is 1. The van der Waals surface area contributed by atoms with Crippen LogP contribution < -0.4 is 44.8 Å². The van der Waals surface area contributed by atoms with E-state index in [0.717, 1.165) is 50.8 Å². The third-order valence-corrected chi connectivity index (χ3v) is 5.70. The maximum absolute atomic E-state index is 12.7. The molecule has 3 rings (SSSR count). The average molecular weight is 450 g/mol. The zero-order chi connectivity index (χ0) is 22.1. The van der Waals surface area contributed by atoms with Crippen LogP contribution in [0.4, 0.5) is 0 Å². The van der Waals surface area contributed by atoms with Gasteiger partial charge in [0.2, 0.25) is 0 Å². The first-order chi connectivity index (χ1) is 15.0. The molecule has 0 spiro atoms. The summed E-state index contributed by atoms with van der Waals surface area (Å²) in [5.74, 6) is -0.753. The molecule has 0 aliphatic carbocycles. The zero-order valence-electron chi connectivity index (χ0n) is 19.3. The van der Waals surface area contributed by atoms with Gasteiger partial charge < -0.3 is 24.4 Å². The smallest absolute Gasteiger partial charge is 0.550 e. The van der Waals surface area contributed by atoms with Gasteiger partial charge in [-0.2, -0.15) is 0 Å². The van der Waals surface area contributed by atoms with Crippen LogP contribution in [-0.2, 0) is 35.2 Å². The van der Waals surface area contributed by atoms with Crippen molar-refractivity contribution in [3.8, 4) is 5.88 Å². The van der Waals surface area contributed by atoms with Crippen molar-refractivity contribution in [3.05, 3.63) is 62.9 Å². The molecule has 1 aliphatic heterocycles. The Kier molecular flexibility index (Phi) is 11.5. The van der Waals surface area contributed by atoms with Crippen molar-refractivity contribution >= 4 is 5.97 Å². The molecule has 1 saturated heterocycles. The Bertz CT molecular complexity index is 904. The third kappa shape index (κ3) is 8.39. The number of aryl methyl sites for hydroxylation is 3. The van der Waals surface area contributed by atoms with Crippen LogP contribution >= 0.6 is 0 Å². The van der Waals surface area contributed by atoms with E-state index in [4.69, 9.17) is 9.47 Å². The Morgan fingerprint density at radius 3 is 2.47 bits per heavy atom. The van der Waals surface area contributed by atoms with Gasteiger partial charge in [-0.15, -0.1) is 0 Å².